The number of nitrogens with one attached hydrogen (secondary N) is 1. The van der Waals surface area contributed by atoms with Crippen LogP contribution in [0.25, 0.3) is 11.6 Å². The lowest BCUT2D eigenvalue weighted by molar-refractivity contribution is -0.110. The van der Waals surface area contributed by atoms with Crippen LogP contribution in [0.2, 0.25) is 0 Å². The van der Waals surface area contributed by atoms with Gasteiger partial charge in [-0.15, -0.1) is 0 Å². The van der Waals surface area contributed by atoms with E-state index in [4.69, 9.17) is 9.47 Å². The van der Waals surface area contributed by atoms with Crippen LogP contribution in [0.3, 0.4) is 0 Å². The normalized spacial score (nSPS) is 17.3. The topological polar surface area (TPSA) is 67.9 Å². The highest BCUT2D eigenvalue weighted by Crippen LogP contribution is 2.38. The molecule has 0 saturated carbocycles. The summed E-state index contributed by atoms with van der Waals surface area (Å²) in [5, 5.41) is 2.88. The first-order chi connectivity index (χ1) is 13.9. The number of hydrogen-bond donors (Lipinski definition) is 1. The summed E-state index contributed by atoms with van der Waals surface area (Å²) in [5.74, 6) is 0.256. The van der Waals surface area contributed by atoms with Crippen molar-refractivity contribution in [1.82, 2.24) is 4.90 Å². The minimum Gasteiger partial charge on any atom is -0.408 e. The molecule has 0 spiro atoms. The van der Waals surface area contributed by atoms with E-state index in [-0.39, 0.29) is 5.91 Å². The van der Waals surface area contributed by atoms with Gasteiger partial charge in [0.05, 0.1) is 22.2 Å². The van der Waals surface area contributed by atoms with E-state index in [9.17, 15) is 9.59 Å². The van der Waals surface area contributed by atoms with Gasteiger partial charge in [0, 0.05) is 33.5 Å². The van der Waals surface area contributed by atoms with Crippen molar-refractivity contribution in [3.63, 3.8) is 0 Å². The third-order valence-electron chi connectivity index (χ3n) is 4.55. The highest BCUT2D eigenvalue weighted by Gasteiger charge is 2.25. The zero-order chi connectivity index (χ0) is 20.5. The van der Waals surface area contributed by atoms with Gasteiger partial charge in [-0.3, -0.25) is 4.79 Å². The molecule has 2 heterocycles. The van der Waals surface area contributed by atoms with Crippen molar-refractivity contribution in [2.24, 2.45) is 0 Å². The molecule has 2 aliphatic rings. The molecule has 1 fully saturated rings. The highest BCUT2D eigenvalue weighted by atomic mass is 127. The predicted molar refractivity (Wildman–Crippen MR) is 126 cm³/mol. The first-order valence-electron chi connectivity index (χ1n) is 8.79. The number of ether oxygens (including phenoxy) is 2. The molecule has 2 aromatic carbocycles. The molecule has 0 unspecified atom stereocenters. The maximum atomic E-state index is 12.4. The number of nitrogens with zero attached hydrogens (tertiary/aromatic N) is 1. The number of anilines is 1. The second-order valence-corrected chi connectivity index (χ2v) is 9.44. The zero-order valence-corrected chi connectivity index (χ0v) is 20.3. The van der Waals surface area contributed by atoms with E-state index >= 15 is 0 Å². The number of morpholine rings is 1. The summed E-state index contributed by atoms with van der Waals surface area (Å²) in [6.07, 6.45) is 1.40. The van der Waals surface area contributed by atoms with Gasteiger partial charge >= 0.3 is 6.09 Å². The van der Waals surface area contributed by atoms with Crippen molar-refractivity contribution in [3.8, 4) is 5.75 Å². The summed E-state index contributed by atoms with van der Waals surface area (Å²) < 4.78 is 13.1. The monoisotopic (exact) mass is 632 g/mol. The SMILES string of the molecule is O=C1Nc2ccc(I)cc2C1=Cc1cc(Br)c(OC(=O)N2CCOCC2)c(Br)c1. The predicted octanol–water partition coefficient (Wildman–Crippen LogP) is 5.14. The Morgan fingerprint density at radius 2 is 1.86 bits per heavy atom. The number of hydrogen-bond acceptors (Lipinski definition) is 4. The van der Waals surface area contributed by atoms with Gasteiger partial charge in [0.2, 0.25) is 0 Å². The lowest BCUT2D eigenvalue weighted by Gasteiger charge is -2.26. The molecular weight excluding hydrogens is 619 g/mol. The molecule has 150 valence electrons. The van der Waals surface area contributed by atoms with Crippen molar-refractivity contribution in [2.75, 3.05) is 31.6 Å². The molecule has 6 nitrogen and oxygen atoms in total. The van der Waals surface area contributed by atoms with Crippen molar-refractivity contribution in [2.45, 2.75) is 0 Å². The van der Waals surface area contributed by atoms with Crippen LogP contribution in [-0.4, -0.2) is 43.2 Å². The molecule has 9 heteroatoms. The fraction of sp³-hybridized carbons (Fsp3) is 0.200. The Morgan fingerprint density at radius 1 is 1.17 bits per heavy atom. The number of carbonyl (C=O) groups is 2. The first-order valence-corrected chi connectivity index (χ1v) is 11.5. The van der Waals surface area contributed by atoms with Crippen LogP contribution in [0.15, 0.2) is 39.3 Å². The van der Waals surface area contributed by atoms with Gasteiger partial charge < -0.3 is 19.7 Å². The number of carbonyl (C=O) groups excluding carboxylic acids is 2. The van der Waals surface area contributed by atoms with Crippen LogP contribution in [0.5, 0.6) is 5.75 Å². The Bertz CT molecular complexity index is 1010. The number of rotatable bonds is 2. The summed E-state index contributed by atoms with van der Waals surface area (Å²) in [4.78, 5) is 26.4. The number of halogens is 3. The van der Waals surface area contributed by atoms with Crippen LogP contribution < -0.4 is 10.1 Å². The van der Waals surface area contributed by atoms with Crippen molar-refractivity contribution in [1.29, 1.82) is 0 Å². The average molecular weight is 634 g/mol. The van der Waals surface area contributed by atoms with E-state index in [0.29, 0.717) is 46.6 Å². The van der Waals surface area contributed by atoms with E-state index < -0.39 is 6.09 Å². The van der Waals surface area contributed by atoms with Gasteiger partial charge in [-0.25, -0.2) is 4.79 Å². The fourth-order valence-corrected chi connectivity index (χ4v) is 5.00. The van der Waals surface area contributed by atoms with E-state index in [0.717, 1.165) is 20.4 Å². The first kappa shape index (κ1) is 20.8. The highest BCUT2D eigenvalue weighted by molar-refractivity contribution is 14.1. The molecular formula is C20H15Br2IN2O4. The van der Waals surface area contributed by atoms with Gasteiger partial charge in [-0.05, 0) is 96.4 Å². The van der Waals surface area contributed by atoms with Crippen LogP contribution in [0.1, 0.15) is 11.1 Å². The van der Waals surface area contributed by atoms with Gasteiger partial charge in [0.1, 0.15) is 0 Å². The van der Waals surface area contributed by atoms with Crippen LogP contribution in [0, 0.1) is 3.57 Å². The maximum Gasteiger partial charge on any atom is 0.415 e. The van der Waals surface area contributed by atoms with E-state index in [1.54, 1.807) is 4.90 Å². The Kier molecular flexibility index (Phi) is 6.28. The second kappa shape index (κ2) is 8.75. The van der Waals surface area contributed by atoms with Gasteiger partial charge in [0.25, 0.3) is 5.91 Å². The molecule has 0 aliphatic carbocycles. The number of fused-ring (bicyclic) bond motifs is 1. The Balaban J connectivity index is 1.61. The molecule has 0 bridgehead atoms. The minimum absolute atomic E-state index is 0.142. The van der Waals surface area contributed by atoms with Crippen LogP contribution >= 0.6 is 54.5 Å². The lowest BCUT2D eigenvalue weighted by Crippen LogP contribution is -2.42. The molecule has 1 N–H and O–H groups in total. The third kappa shape index (κ3) is 4.52. The van der Waals surface area contributed by atoms with Crippen molar-refractivity contribution >= 4 is 83.8 Å². The Morgan fingerprint density at radius 3 is 2.55 bits per heavy atom. The summed E-state index contributed by atoms with van der Waals surface area (Å²) >= 11 is 9.18. The van der Waals surface area contributed by atoms with Crippen LogP contribution in [-0.2, 0) is 9.53 Å². The summed E-state index contributed by atoms with van der Waals surface area (Å²) in [5.41, 5.74) is 3.06. The lowest BCUT2D eigenvalue weighted by atomic mass is 10.0. The largest absolute Gasteiger partial charge is 0.415 e. The summed E-state index contributed by atoms with van der Waals surface area (Å²) in [6.45, 7) is 2.02. The number of benzene rings is 2. The minimum atomic E-state index is -0.417. The average Bonchev–Trinajstić information content (AvgIpc) is 3.00. The number of amides is 2. The zero-order valence-electron chi connectivity index (χ0n) is 15.0. The smallest absolute Gasteiger partial charge is 0.408 e. The Labute approximate surface area is 198 Å². The molecule has 29 heavy (non-hydrogen) atoms. The van der Waals surface area contributed by atoms with Gasteiger partial charge in [-0.1, -0.05) is 0 Å². The summed E-state index contributed by atoms with van der Waals surface area (Å²) in [6, 6.07) is 9.46. The molecule has 0 aromatic heterocycles. The molecule has 4 rings (SSSR count). The molecule has 0 radical (unpaired) electrons. The maximum absolute atomic E-state index is 12.4. The standard InChI is InChI=1S/C20H15Br2IN2O4/c21-15-8-11(7-14-13-10-12(23)1-2-17(13)24-19(14)26)9-16(22)18(15)29-20(27)25-3-5-28-6-4-25/h1-2,7-10H,3-6H2,(H,24,26). The van der Waals surface area contributed by atoms with Crippen LogP contribution in [0.4, 0.5) is 10.5 Å². The summed E-state index contributed by atoms with van der Waals surface area (Å²) in [7, 11) is 0. The molecule has 0 atom stereocenters. The van der Waals surface area contributed by atoms with E-state index in [2.05, 4.69) is 59.8 Å². The third-order valence-corrected chi connectivity index (χ3v) is 6.40. The molecule has 2 aliphatic heterocycles. The Hall–Kier alpha value is -1.43. The molecule has 2 amide bonds. The molecule has 2 aromatic rings. The second-order valence-electron chi connectivity index (χ2n) is 6.48. The molecule has 1 saturated heterocycles. The van der Waals surface area contributed by atoms with Crippen molar-refractivity contribution in [3.05, 3.63) is 54.0 Å². The fourth-order valence-electron chi connectivity index (χ4n) is 3.13. The van der Waals surface area contributed by atoms with E-state index in [1.807, 2.05) is 36.4 Å². The van der Waals surface area contributed by atoms with Gasteiger partial charge in [0.15, 0.2) is 5.75 Å². The van der Waals surface area contributed by atoms with Crippen molar-refractivity contribution < 1.29 is 19.1 Å². The van der Waals surface area contributed by atoms with Gasteiger partial charge in [-0.2, -0.15) is 0 Å². The quantitative estimate of drug-likeness (QED) is 0.368. The van der Waals surface area contributed by atoms with E-state index in [1.165, 1.54) is 0 Å².